The van der Waals surface area contributed by atoms with Crippen LogP contribution in [0.2, 0.25) is 0 Å². The average Bonchev–Trinajstić information content (AvgIpc) is 3.74. The van der Waals surface area contributed by atoms with Crippen molar-refractivity contribution in [1.29, 1.82) is 0 Å². The Bertz CT molecular complexity index is 1730. The summed E-state index contributed by atoms with van der Waals surface area (Å²) >= 11 is 0. The molecule has 0 bridgehead atoms. The second-order valence-electron chi connectivity index (χ2n) is 9.70. The number of amides is 2. The number of hydrogen-bond acceptors (Lipinski definition) is 7. The van der Waals surface area contributed by atoms with E-state index in [-0.39, 0.29) is 24.4 Å². The molecule has 2 amide bonds. The summed E-state index contributed by atoms with van der Waals surface area (Å²) in [5.74, 6) is 0.177. The SMILES string of the molecule is Nc1ncnc2c1c(-c1ccc(NC(=O)Nc3cc(C4(C(F)(F)F)CC4)no3)c3occc13)cn2C1CC1. The monoisotopic (exact) mass is 523 g/mol. The molecule has 38 heavy (non-hydrogen) atoms. The number of carbonyl (C=O) groups excluding carboxylic acids is 1. The van der Waals surface area contributed by atoms with Gasteiger partial charge in [-0.2, -0.15) is 13.2 Å². The molecule has 10 nitrogen and oxygen atoms in total. The van der Waals surface area contributed by atoms with Crippen molar-refractivity contribution >= 4 is 45.4 Å². The molecule has 194 valence electrons. The van der Waals surface area contributed by atoms with Gasteiger partial charge in [-0.05, 0) is 43.4 Å². The number of halogens is 3. The molecular weight excluding hydrogens is 503 g/mol. The summed E-state index contributed by atoms with van der Waals surface area (Å²) in [7, 11) is 0. The van der Waals surface area contributed by atoms with Gasteiger partial charge in [0, 0.05) is 29.3 Å². The van der Waals surface area contributed by atoms with Gasteiger partial charge in [0.25, 0.3) is 0 Å². The Morgan fingerprint density at radius 2 is 1.95 bits per heavy atom. The molecule has 0 spiro atoms. The van der Waals surface area contributed by atoms with Gasteiger partial charge in [-0.15, -0.1) is 0 Å². The van der Waals surface area contributed by atoms with E-state index in [1.54, 1.807) is 12.1 Å². The van der Waals surface area contributed by atoms with E-state index in [0.29, 0.717) is 23.1 Å². The second-order valence-corrected chi connectivity index (χ2v) is 9.70. The lowest BCUT2D eigenvalue weighted by Gasteiger charge is -2.15. The third-order valence-electron chi connectivity index (χ3n) is 7.26. The summed E-state index contributed by atoms with van der Waals surface area (Å²) in [5.41, 5.74) is 7.20. The van der Waals surface area contributed by atoms with E-state index in [2.05, 4.69) is 30.3 Å². The summed E-state index contributed by atoms with van der Waals surface area (Å²) in [6.45, 7) is 0. The van der Waals surface area contributed by atoms with Crippen LogP contribution in [0.5, 0.6) is 0 Å². The van der Waals surface area contributed by atoms with Crippen LogP contribution in [0.25, 0.3) is 33.1 Å². The van der Waals surface area contributed by atoms with E-state index in [1.165, 1.54) is 12.6 Å². The number of nitrogen functional groups attached to an aromatic ring is 1. The molecule has 4 aromatic heterocycles. The lowest BCUT2D eigenvalue weighted by molar-refractivity contribution is -0.161. The van der Waals surface area contributed by atoms with Gasteiger partial charge < -0.3 is 24.6 Å². The Morgan fingerprint density at radius 3 is 2.68 bits per heavy atom. The van der Waals surface area contributed by atoms with E-state index in [9.17, 15) is 18.0 Å². The highest BCUT2D eigenvalue weighted by molar-refractivity contribution is 6.11. The van der Waals surface area contributed by atoms with E-state index >= 15 is 0 Å². The highest BCUT2D eigenvalue weighted by atomic mass is 19.4. The molecule has 0 saturated heterocycles. The molecule has 13 heteroatoms. The number of hydrogen-bond donors (Lipinski definition) is 3. The zero-order valence-electron chi connectivity index (χ0n) is 19.7. The maximum absolute atomic E-state index is 13.4. The van der Waals surface area contributed by atoms with Gasteiger partial charge in [0.05, 0.1) is 17.3 Å². The molecule has 2 fully saturated rings. The van der Waals surface area contributed by atoms with Gasteiger partial charge in [0.15, 0.2) is 5.58 Å². The topological polar surface area (TPSA) is 137 Å². The molecule has 1 aromatic carbocycles. The number of urea groups is 1. The molecule has 5 aromatic rings. The van der Waals surface area contributed by atoms with Gasteiger partial charge in [-0.1, -0.05) is 11.2 Å². The van der Waals surface area contributed by atoms with Gasteiger partial charge >= 0.3 is 12.2 Å². The Labute approximate surface area is 212 Å². The quantitative estimate of drug-likeness (QED) is 0.257. The molecule has 2 aliphatic carbocycles. The number of furan rings is 1. The van der Waals surface area contributed by atoms with Crippen molar-refractivity contribution in [2.45, 2.75) is 43.3 Å². The molecule has 2 aliphatic rings. The van der Waals surface area contributed by atoms with Crippen molar-refractivity contribution in [2.75, 3.05) is 16.4 Å². The fourth-order valence-electron chi connectivity index (χ4n) is 4.97. The predicted octanol–water partition coefficient (Wildman–Crippen LogP) is 5.99. The lowest BCUT2D eigenvalue weighted by atomic mass is 10.0. The fourth-order valence-corrected chi connectivity index (χ4v) is 4.97. The minimum absolute atomic E-state index is 0.0609. The normalized spacial score (nSPS) is 16.7. The predicted molar refractivity (Wildman–Crippen MR) is 132 cm³/mol. The molecular formula is C25H20F3N7O3. The van der Waals surface area contributed by atoms with Crippen molar-refractivity contribution < 1.29 is 26.9 Å². The van der Waals surface area contributed by atoms with E-state index in [1.807, 2.05) is 12.3 Å². The maximum Gasteiger partial charge on any atom is 0.400 e. The summed E-state index contributed by atoms with van der Waals surface area (Å²) in [6, 6.07) is 6.04. The van der Waals surface area contributed by atoms with E-state index < -0.39 is 17.6 Å². The Morgan fingerprint density at radius 1 is 1.13 bits per heavy atom. The Kier molecular flexibility index (Phi) is 4.60. The van der Waals surface area contributed by atoms with E-state index in [4.69, 9.17) is 14.7 Å². The molecule has 0 radical (unpaired) electrons. The van der Waals surface area contributed by atoms with Gasteiger partial charge in [-0.25, -0.2) is 14.8 Å². The average molecular weight is 523 g/mol. The van der Waals surface area contributed by atoms with Crippen LogP contribution in [0.1, 0.15) is 37.4 Å². The smallest absolute Gasteiger partial charge is 0.400 e. The summed E-state index contributed by atoms with van der Waals surface area (Å²) in [6.07, 6.45) is 2.55. The number of nitrogens with zero attached hydrogens (tertiary/aromatic N) is 4. The zero-order chi connectivity index (χ0) is 26.2. The molecule has 4 N–H and O–H groups in total. The number of carbonyl (C=O) groups is 1. The number of nitrogens with two attached hydrogens (primary N) is 1. The van der Waals surface area contributed by atoms with Crippen LogP contribution in [0.15, 0.2) is 52.0 Å². The summed E-state index contributed by atoms with van der Waals surface area (Å²) in [5, 5.41) is 10.1. The first kappa shape index (κ1) is 22.6. The lowest BCUT2D eigenvalue weighted by Crippen LogP contribution is -2.28. The van der Waals surface area contributed by atoms with Gasteiger partial charge in [-0.3, -0.25) is 5.32 Å². The largest absolute Gasteiger partial charge is 0.462 e. The van der Waals surface area contributed by atoms with Crippen LogP contribution in [-0.2, 0) is 5.41 Å². The number of benzene rings is 1. The molecule has 0 atom stereocenters. The third-order valence-corrected chi connectivity index (χ3v) is 7.26. The van der Waals surface area contributed by atoms with Crippen LogP contribution in [0, 0.1) is 0 Å². The summed E-state index contributed by atoms with van der Waals surface area (Å²) in [4.78, 5) is 21.3. The molecule has 7 rings (SSSR count). The van der Waals surface area contributed by atoms with Crippen LogP contribution < -0.4 is 16.4 Å². The third kappa shape index (κ3) is 3.41. The van der Waals surface area contributed by atoms with Crippen LogP contribution in [-0.4, -0.2) is 31.9 Å². The highest BCUT2D eigenvalue weighted by Crippen LogP contribution is 2.58. The highest BCUT2D eigenvalue weighted by Gasteiger charge is 2.66. The number of aromatic nitrogens is 4. The van der Waals surface area contributed by atoms with Crippen molar-refractivity contribution in [3.63, 3.8) is 0 Å². The number of alkyl halides is 3. The molecule has 0 aliphatic heterocycles. The van der Waals surface area contributed by atoms with Crippen LogP contribution in [0.3, 0.4) is 0 Å². The first-order chi connectivity index (χ1) is 18.2. The standard InChI is InChI=1S/C25H20F3N7O3/c26-25(27,28)24(6-7-24)17-9-18(38-34-17)33-23(36)32-16-4-3-13(14-5-8-37-20(14)16)15-10-35(12-1-2-12)22-19(15)21(29)30-11-31-22/h3-5,8-12H,1-2,6-7H2,(H2,29,30,31)(H2,32,33,36). The number of nitrogens with one attached hydrogen (secondary N) is 2. The van der Waals surface area contributed by atoms with E-state index in [0.717, 1.165) is 46.5 Å². The van der Waals surface area contributed by atoms with Crippen molar-refractivity contribution in [3.05, 3.63) is 48.7 Å². The fraction of sp³-hybridized carbons (Fsp3) is 0.280. The minimum Gasteiger partial charge on any atom is -0.462 e. The number of anilines is 3. The number of rotatable bonds is 5. The van der Waals surface area contributed by atoms with Crippen molar-refractivity contribution in [1.82, 2.24) is 19.7 Å². The number of fused-ring (bicyclic) bond motifs is 2. The van der Waals surface area contributed by atoms with Gasteiger partial charge in [0.2, 0.25) is 5.88 Å². The Balaban J connectivity index is 1.18. The molecule has 0 unspecified atom stereocenters. The second kappa shape index (κ2) is 7.73. The van der Waals surface area contributed by atoms with Crippen molar-refractivity contribution in [3.8, 4) is 11.1 Å². The first-order valence-electron chi connectivity index (χ1n) is 12.0. The minimum atomic E-state index is -4.43. The molecule has 2 saturated carbocycles. The first-order valence-corrected chi connectivity index (χ1v) is 12.0. The van der Waals surface area contributed by atoms with Crippen molar-refractivity contribution in [2.24, 2.45) is 0 Å². The van der Waals surface area contributed by atoms with Crippen LogP contribution in [0.4, 0.5) is 35.4 Å². The van der Waals surface area contributed by atoms with Crippen LogP contribution >= 0.6 is 0 Å². The summed E-state index contributed by atoms with van der Waals surface area (Å²) < 4.78 is 52.8. The van der Waals surface area contributed by atoms with Gasteiger partial charge in [0.1, 0.15) is 28.9 Å². The zero-order valence-corrected chi connectivity index (χ0v) is 19.7. The maximum atomic E-state index is 13.4. The Hall–Kier alpha value is -4.55. The molecule has 4 heterocycles.